The van der Waals surface area contributed by atoms with Gasteiger partial charge < -0.3 is 15.8 Å². The van der Waals surface area contributed by atoms with E-state index in [1.165, 1.54) is 6.33 Å². The first kappa shape index (κ1) is 19.0. The third-order valence-electron chi connectivity index (χ3n) is 4.39. The van der Waals surface area contributed by atoms with Gasteiger partial charge in [-0.05, 0) is 55.3 Å². The second kappa shape index (κ2) is 8.26. The van der Waals surface area contributed by atoms with Crippen LogP contribution in [0.15, 0.2) is 48.8 Å². The van der Waals surface area contributed by atoms with Crippen molar-refractivity contribution in [2.45, 2.75) is 13.8 Å². The molecule has 0 aliphatic heterocycles. The lowest BCUT2D eigenvalue weighted by molar-refractivity contribution is 0.0962. The predicted octanol–water partition coefficient (Wildman–Crippen LogP) is 3.18. The maximum Gasteiger partial charge on any atom is 0.269 e. The number of ether oxygens (including phenoxy) is 1. The van der Waals surface area contributed by atoms with Crippen molar-refractivity contribution in [2.75, 3.05) is 23.6 Å². The third kappa shape index (κ3) is 4.12. The topological polar surface area (TPSA) is 114 Å². The van der Waals surface area contributed by atoms with Crippen LogP contribution >= 0.6 is 0 Å². The van der Waals surface area contributed by atoms with Crippen molar-refractivity contribution in [3.8, 4) is 5.75 Å². The summed E-state index contributed by atoms with van der Waals surface area (Å²) in [6.07, 6.45) is 1.37. The molecular weight excluding hydrogens is 356 g/mol. The Hall–Kier alpha value is -3.81. The predicted molar refractivity (Wildman–Crippen MR) is 110 cm³/mol. The van der Waals surface area contributed by atoms with E-state index in [2.05, 4.69) is 26.1 Å². The fraction of sp³-hybridized carbons (Fsp3) is 0.150. The molecule has 3 rings (SSSR count). The summed E-state index contributed by atoms with van der Waals surface area (Å²) in [5.41, 5.74) is 15.4. The molecule has 1 aromatic heterocycles. The zero-order chi connectivity index (χ0) is 20.1. The summed E-state index contributed by atoms with van der Waals surface area (Å²) in [5.74, 6) is 1.09. The molecule has 2 aromatic carbocycles. The van der Waals surface area contributed by atoms with Crippen LogP contribution in [0.4, 0.5) is 23.0 Å². The lowest BCUT2D eigenvalue weighted by Gasteiger charge is -2.15. The van der Waals surface area contributed by atoms with Crippen molar-refractivity contribution < 1.29 is 9.53 Å². The zero-order valence-electron chi connectivity index (χ0n) is 15.9. The second-order valence-electron chi connectivity index (χ2n) is 6.16. The molecule has 0 fully saturated rings. The Kier molecular flexibility index (Phi) is 5.59. The van der Waals surface area contributed by atoms with Crippen LogP contribution in [0.1, 0.15) is 21.5 Å². The number of nitrogens with zero attached hydrogens (tertiary/aromatic N) is 2. The van der Waals surface area contributed by atoms with Gasteiger partial charge in [-0.25, -0.2) is 9.97 Å². The van der Waals surface area contributed by atoms with Crippen LogP contribution in [0.2, 0.25) is 0 Å². The van der Waals surface area contributed by atoms with Crippen LogP contribution in [0.5, 0.6) is 5.75 Å². The Morgan fingerprint density at radius 3 is 2.46 bits per heavy atom. The Morgan fingerprint density at radius 1 is 1.04 bits per heavy atom. The first-order chi connectivity index (χ1) is 13.5. The fourth-order valence-electron chi connectivity index (χ4n) is 2.54. The van der Waals surface area contributed by atoms with Gasteiger partial charge in [0.05, 0.1) is 7.11 Å². The number of rotatable bonds is 6. The maximum absolute atomic E-state index is 12.3. The summed E-state index contributed by atoms with van der Waals surface area (Å²) < 4.78 is 5.08. The Morgan fingerprint density at radius 2 is 1.75 bits per heavy atom. The number of aryl methyl sites for hydroxylation is 1. The Labute approximate surface area is 163 Å². The summed E-state index contributed by atoms with van der Waals surface area (Å²) >= 11 is 0. The third-order valence-corrected chi connectivity index (χ3v) is 4.39. The molecule has 0 atom stereocenters. The van der Waals surface area contributed by atoms with Gasteiger partial charge in [-0.15, -0.1) is 0 Å². The number of benzene rings is 2. The van der Waals surface area contributed by atoms with Gasteiger partial charge in [-0.3, -0.25) is 15.6 Å². The molecule has 0 saturated carbocycles. The van der Waals surface area contributed by atoms with E-state index in [0.29, 0.717) is 28.6 Å². The van der Waals surface area contributed by atoms with E-state index in [1.54, 1.807) is 31.4 Å². The van der Waals surface area contributed by atoms with E-state index in [1.807, 2.05) is 32.0 Å². The quantitative estimate of drug-likeness (QED) is 0.487. The fourth-order valence-corrected chi connectivity index (χ4v) is 2.54. The molecule has 0 unspecified atom stereocenters. The summed E-state index contributed by atoms with van der Waals surface area (Å²) in [4.78, 5) is 20.6. The summed E-state index contributed by atoms with van der Waals surface area (Å²) in [5, 5.41) is 3.21. The maximum atomic E-state index is 12.3. The number of amides is 1. The number of hydrogen-bond donors (Lipinski definition) is 4. The molecule has 0 saturated heterocycles. The van der Waals surface area contributed by atoms with Gasteiger partial charge in [0.15, 0.2) is 11.6 Å². The number of methoxy groups -OCH3 is 1. The van der Waals surface area contributed by atoms with Gasteiger partial charge in [0, 0.05) is 11.3 Å². The standard InChI is InChI=1S/C20H22N6O2/c1-12-5-4-6-16(13(12)2)24-18-17(21)19(23-11-22-18)25-26-20(27)14-7-9-15(28-3)10-8-14/h4-11H,21H2,1-3H3,(H,26,27)(H2,22,23,24,25). The first-order valence-electron chi connectivity index (χ1n) is 8.63. The molecule has 0 spiro atoms. The van der Waals surface area contributed by atoms with Gasteiger partial charge in [-0.2, -0.15) is 0 Å². The number of hydrazine groups is 1. The Balaban J connectivity index is 1.72. The number of hydrogen-bond acceptors (Lipinski definition) is 7. The van der Waals surface area contributed by atoms with Crippen molar-refractivity contribution in [1.29, 1.82) is 0 Å². The van der Waals surface area contributed by atoms with Gasteiger partial charge in [0.25, 0.3) is 5.91 Å². The molecule has 8 nitrogen and oxygen atoms in total. The van der Waals surface area contributed by atoms with E-state index < -0.39 is 0 Å². The SMILES string of the molecule is COc1ccc(C(=O)NNc2ncnc(Nc3cccc(C)c3C)c2N)cc1. The molecule has 0 bridgehead atoms. The van der Waals surface area contributed by atoms with Crippen LogP contribution in [0.3, 0.4) is 0 Å². The molecule has 0 aliphatic carbocycles. The van der Waals surface area contributed by atoms with Crippen LogP contribution in [0.25, 0.3) is 0 Å². The van der Waals surface area contributed by atoms with E-state index in [4.69, 9.17) is 10.5 Å². The molecule has 1 amide bonds. The number of nitrogens with one attached hydrogen (secondary N) is 3. The highest BCUT2D eigenvalue weighted by Crippen LogP contribution is 2.27. The van der Waals surface area contributed by atoms with Crippen molar-refractivity contribution in [3.05, 3.63) is 65.5 Å². The molecule has 0 radical (unpaired) electrons. The molecule has 0 aliphatic rings. The molecule has 144 valence electrons. The molecule has 3 aromatic rings. The minimum absolute atomic E-state index is 0.290. The molecule has 28 heavy (non-hydrogen) atoms. The summed E-state index contributed by atoms with van der Waals surface area (Å²) in [7, 11) is 1.57. The number of nitrogens with two attached hydrogens (primary N) is 1. The van der Waals surface area contributed by atoms with Crippen LogP contribution in [0, 0.1) is 13.8 Å². The van der Waals surface area contributed by atoms with E-state index in [0.717, 1.165) is 16.8 Å². The average Bonchev–Trinajstić information content (AvgIpc) is 2.71. The van der Waals surface area contributed by atoms with Crippen molar-refractivity contribution >= 4 is 28.9 Å². The highest BCUT2D eigenvalue weighted by Gasteiger charge is 2.11. The minimum Gasteiger partial charge on any atom is -0.497 e. The Bertz CT molecular complexity index is 988. The number of carbonyl (C=O) groups is 1. The van der Waals surface area contributed by atoms with Crippen molar-refractivity contribution in [3.63, 3.8) is 0 Å². The highest BCUT2D eigenvalue weighted by atomic mass is 16.5. The summed E-state index contributed by atoms with van der Waals surface area (Å²) in [6, 6.07) is 12.7. The highest BCUT2D eigenvalue weighted by molar-refractivity contribution is 5.95. The van der Waals surface area contributed by atoms with Gasteiger partial charge in [0.1, 0.15) is 17.8 Å². The van der Waals surface area contributed by atoms with E-state index >= 15 is 0 Å². The van der Waals surface area contributed by atoms with Crippen LogP contribution in [-0.2, 0) is 0 Å². The zero-order valence-corrected chi connectivity index (χ0v) is 15.9. The number of aromatic nitrogens is 2. The molecular formula is C20H22N6O2. The van der Waals surface area contributed by atoms with E-state index in [9.17, 15) is 4.79 Å². The smallest absolute Gasteiger partial charge is 0.269 e. The number of carbonyl (C=O) groups excluding carboxylic acids is 1. The monoisotopic (exact) mass is 378 g/mol. The van der Waals surface area contributed by atoms with Crippen molar-refractivity contribution in [1.82, 2.24) is 15.4 Å². The van der Waals surface area contributed by atoms with Gasteiger partial charge >= 0.3 is 0 Å². The molecule has 5 N–H and O–H groups in total. The van der Waals surface area contributed by atoms with Gasteiger partial charge in [0.2, 0.25) is 0 Å². The lowest BCUT2D eigenvalue weighted by Crippen LogP contribution is -2.30. The lowest BCUT2D eigenvalue weighted by atomic mass is 10.1. The van der Waals surface area contributed by atoms with Crippen molar-refractivity contribution in [2.24, 2.45) is 0 Å². The molecule has 8 heteroatoms. The van der Waals surface area contributed by atoms with E-state index in [-0.39, 0.29) is 5.91 Å². The van der Waals surface area contributed by atoms with Crippen LogP contribution < -0.4 is 26.6 Å². The number of anilines is 4. The number of nitrogen functional groups attached to an aromatic ring is 1. The summed E-state index contributed by atoms with van der Waals surface area (Å²) in [6.45, 7) is 4.05. The van der Waals surface area contributed by atoms with Crippen LogP contribution in [-0.4, -0.2) is 23.0 Å². The minimum atomic E-state index is -0.329. The average molecular weight is 378 g/mol. The second-order valence-corrected chi connectivity index (χ2v) is 6.16. The largest absolute Gasteiger partial charge is 0.497 e. The first-order valence-corrected chi connectivity index (χ1v) is 8.63. The van der Waals surface area contributed by atoms with Gasteiger partial charge in [-0.1, -0.05) is 12.1 Å². The molecule has 1 heterocycles. The normalized spacial score (nSPS) is 10.2.